The Morgan fingerprint density at radius 2 is 1.70 bits per heavy atom. The maximum absolute atomic E-state index is 13.0. The molecule has 1 fully saturated rings. The van der Waals surface area contributed by atoms with E-state index in [1.807, 2.05) is 24.0 Å². The first-order valence-corrected chi connectivity index (χ1v) is 9.70. The van der Waals surface area contributed by atoms with E-state index in [0.29, 0.717) is 5.76 Å². The fourth-order valence-corrected chi connectivity index (χ4v) is 3.91. The highest BCUT2D eigenvalue weighted by atomic mass is 16.3. The molecule has 0 saturated carbocycles. The van der Waals surface area contributed by atoms with Crippen molar-refractivity contribution in [2.75, 3.05) is 26.2 Å². The van der Waals surface area contributed by atoms with Gasteiger partial charge in [0.2, 0.25) is 0 Å². The zero-order valence-electron chi connectivity index (χ0n) is 16.3. The lowest BCUT2D eigenvalue weighted by atomic mass is 10.0. The molecule has 1 aliphatic heterocycles. The summed E-state index contributed by atoms with van der Waals surface area (Å²) in [7, 11) is 0. The van der Waals surface area contributed by atoms with Crippen molar-refractivity contribution >= 4 is 16.9 Å². The molecular formula is C23H27N2O2+. The minimum Gasteiger partial charge on any atom is -0.451 e. The molecule has 0 unspecified atom stereocenters. The Kier molecular flexibility index (Phi) is 4.75. The summed E-state index contributed by atoms with van der Waals surface area (Å²) in [6.07, 6.45) is 0. The minimum absolute atomic E-state index is 0.0257. The summed E-state index contributed by atoms with van der Waals surface area (Å²) < 4.78 is 5.97. The molecule has 4 heteroatoms. The predicted octanol–water partition coefficient (Wildman–Crippen LogP) is 2.90. The fourth-order valence-electron chi connectivity index (χ4n) is 3.91. The largest absolute Gasteiger partial charge is 0.451 e. The second-order valence-corrected chi connectivity index (χ2v) is 7.69. The molecule has 2 aromatic carbocycles. The number of nitrogens with one attached hydrogen (secondary N) is 1. The molecule has 0 aliphatic carbocycles. The Morgan fingerprint density at radius 3 is 2.41 bits per heavy atom. The number of hydrogen-bond donors (Lipinski definition) is 1. The Morgan fingerprint density at radius 1 is 1.04 bits per heavy atom. The third-order valence-electron chi connectivity index (χ3n) is 5.80. The van der Waals surface area contributed by atoms with Crippen LogP contribution in [0.1, 0.15) is 32.8 Å². The number of quaternary nitrogens is 1. The van der Waals surface area contributed by atoms with Gasteiger partial charge in [-0.15, -0.1) is 0 Å². The lowest BCUT2D eigenvalue weighted by Gasteiger charge is -2.31. The number of hydrogen-bond acceptors (Lipinski definition) is 2. The van der Waals surface area contributed by atoms with Crippen molar-refractivity contribution in [2.45, 2.75) is 27.3 Å². The molecule has 1 saturated heterocycles. The first-order chi connectivity index (χ1) is 13.0. The lowest BCUT2D eigenvalue weighted by Crippen LogP contribution is -3.13. The number of carbonyl (C=O) groups is 1. The normalized spacial score (nSPS) is 15.4. The number of nitrogens with zero attached hydrogens (tertiary/aromatic N) is 1. The van der Waals surface area contributed by atoms with Crippen molar-refractivity contribution in [3.05, 3.63) is 70.5 Å². The molecular weight excluding hydrogens is 336 g/mol. The Bertz CT molecular complexity index is 967. The molecule has 0 bridgehead atoms. The van der Waals surface area contributed by atoms with E-state index in [0.717, 1.165) is 49.3 Å². The highest BCUT2D eigenvalue weighted by Gasteiger charge is 2.28. The van der Waals surface area contributed by atoms with Crippen LogP contribution in [0.4, 0.5) is 0 Å². The van der Waals surface area contributed by atoms with Crippen LogP contribution in [0.5, 0.6) is 0 Å². The second-order valence-electron chi connectivity index (χ2n) is 7.69. The topological polar surface area (TPSA) is 37.9 Å². The third-order valence-corrected chi connectivity index (χ3v) is 5.80. The van der Waals surface area contributed by atoms with Crippen molar-refractivity contribution < 1.29 is 14.1 Å². The smallest absolute Gasteiger partial charge is 0.290 e. The molecule has 2 heterocycles. The zero-order valence-corrected chi connectivity index (χ0v) is 16.3. The van der Waals surface area contributed by atoms with E-state index in [2.05, 4.69) is 44.2 Å². The molecule has 1 aromatic heterocycles. The van der Waals surface area contributed by atoms with Crippen LogP contribution < -0.4 is 4.90 Å². The molecule has 0 spiro atoms. The predicted molar refractivity (Wildman–Crippen MR) is 107 cm³/mol. The monoisotopic (exact) mass is 363 g/mol. The van der Waals surface area contributed by atoms with Gasteiger partial charge in [-0.2, -0.15) is 0 Å². The highest BCUT2D eigenvalue weighted by Crippen LogP contribution is 2.28. The van der Waals surface area contributed by atoms with Crippen LogP contribution in [0, 0.1) is 20.8 Å². The number of benzene rings is 2. The summed E-state index contributed by atoms with van der Waals surface area (Å²) >= 11 is 0. The summed E-state index contributed by atoms with van der Waals surface area (Å²) in [6.45, 7) is 10.7. The van der Waals surface area contributed by atoms with Gasteiger partial charge in [-0.3, -0.25) is 4.79 Å². The van der Waals surface area contributed by atoms with E-state index < -0.39 is 0 Å². The molecule has 1 N–H and O–H groups in total. The van der Waals surface area contributed by atoms with Crippen LogP contribution >= 0.6 is 0 Å². The van der Waals surface area contributed by atoms with E-state index in [4.69, 9.17) is 4.42 Å². The zero-order chi connectivity index (χ0) is 19.0. The highest BCUT2D eigenvalue weighted by molar-refractivity contribution is 5.99. The molecule has 1 amide bonds. The van der Waals surface area contributed by atoms with Gasteiger partial charge < -0.3 is 14.2 Å². The number of piperazine rings is 1. The van der Waals surface area contributed by atoms with Gasteiger partial charge in [0.1, 0.15) is 12.1 Å². The molecule has 140 valence electrons. The second kappa shape index (κ2) is 7.20. The number of amides is 1. The van der Waals surface area contributed by atoms with Crippen molar-refractivity contribution in [3.63, 3.8) is 0 Å². The number of fused-ring (bicyclic) bond motifs is 1. The van der Waals surface area contributed by atoms with Crippen LogP contribution in [0.3, 0.4) is 0 Å². The van der Waals surface area contributed by atoms with Gasteiger partial charge >= 0.3 is 0 Å². The summed E-state index contributed by atoms with van der Waals surface area (Å²) in [5.74, 6) is 0.527. The van der Waals surface area contributed by atoms with Crippen LogP contribution in [0.25, 0.3) is 11.0 Å². The molecule has 4 nitrogen and oxygen atoms in total. The number of rotatable bonds is 3. The van der Waals surface area contributed by atoms with Crippen LogP contribution in [0.2, 0.25) is 0 Å². The van der Waals surface area contributed by atoms with Crippen molar-refractivity contribution in [1.29, 1.82) is 0 Å². The Balaban J connectivity index is 1.46. The average molecular weight is 363 g/mol. The Labute approximate surface area is 160 Å². The van der Waals surface area contributed by atoms with E-state index in [1.54, 1.807) is 0 Å². The van der Waals surface area contributed by atoms with Crippen LogP contribution in [-0.2, 0) is 6.54 Å². The third kappa shape index (κ3) is 3.50. The average Bonchev–Trinajstić information content (AvgIpc) is 2.99. The minimum atomic E-state index is 0.0257. The Hall–Kier alpha value is -2.59. The van der Waals surface area contributed by atoms with Gasteiger partial charge in [-0.1, -0.05) is 30.3 Å². The number of carbonyl (C=O) groups excluding carboxylic acids is 1. The standard InChI is InChI=1S/C23H26N2O2/c1-16-13-20-18(3)22(27-21(20)14-17(16)2)23(26)25-11-9-24(10-12-25)15-19-7-5-4-6-8-19/h4-8,13-14H,9-12,15H2,1-3H3/p+1. The lowest BCUT2D eigenvalue weighted by molar-refractivity contribution is -0.917. The maximum atomic E-state index is 13.0. The SMILES string of the molecule is Cc1cc2oc(C(=O)N3CC[NH+](Cc4ccccc4)CC3)c(C)c2cc1C. The van der Waals surface area contributed by atoms with Gasteiger partial charge in [-0.25, -0.2) is 0 Å². The fraction of sp³-hybridized carbons (Fsp3) is 0.348. The maximum Gasteiger partial charge on any atom is 0.290 e. The van der Waals surface area contributed by atoms with Gasteiger partial charge in [0.15, 0.2) is 5.76 Å². The molecule has 1 aliphatic rings. The first kappa shape index (κ1) is 17.8. The van der Waals surface area contributed by atoms with Gasteiger partial charge in [-0.05, 0) is 44.0 Å². The number of aryl methyl sites for hydroxylation is 3. The van der Waals surface area contributed by atoms with E-state index >= 15 is 0 Å². The molecule has 27 heavy (non-hydrogen) atoms. The van der Waals surface area contributed by atoms with Crippen molar-refractivity contribution in [2.24, 2.45) is 0 Å². The summed E-state index contributed by atoms with van der Waals surface area (Å²) in [5.41, 5.74) is 5.53. The van der Waals surface area contributed by atoms with Gasteiger partial charge in [0.05, 0.1) is 26.2 Å². The van der Waals surface area contributed by atoms with Crippen molar-refractivity contribution in [3.8, 4) is 0 Å². The molecule has 4 rings (SSSR count). The summed E-state index contributed by atoms with van der Waals surface area (Å²) in [4.78, 5) is 16.5. The van der Waals surface area contributed by atoms with E-state index in [1.165, 1.54) is 21.6 Å². The first-order valence-electron chi connectivity index (χ1n) is 9.70. The summed E-state index contributed by atoms with van der Waals surface area (Å²) in [5, 5.41) is 1.05. The van der Waals surface area contributed by atoms with Crippen LogP contribution in [0.15, 0.2) is 46.9 Å². The van der Waals surface area contributed by atoms with E-state index in [9.17, 15) is 4.79 Å². The van der Waals surface area contributed by atoms with Crippen molar-refractivity contribution in [1.82, 2.24) is 4.90 Å². The summed E-state index contributed by atoms with van der Waals surface area (Å²) in [6, 6.07) is 14.7. The number of furan rings is 1. The molecule has 3 aromatic rings. The molecule has 0 atom stereocenters. The van der Waals surface area contributed by atoms with Gasteiger partial charge in [0.25, 0.3) is 5.91 Å². The quantitative estimate of drug-likeness (QED) is 0.777. The molecule has 0 radical (unpaired) electrons. The van der Waals surface area contributed by atoms with Gasteiger partial charge in [0, 0.05) is 16.5 Å². The van der Waals surface area contributed by atoms with E-state index in [-0.39, 0.29) is 5.91 Å². The van der Waals surface area contributed by atoms with Crippen LogP contribution in [-0.4, -0.2) is 37.0 Å².